The predicted molar refractivity (Wildman–Crippen MR) is 127 cm³/mol. The van der Waals surface area contributed by atoms with E-state index < -0.39 is 41.3 Å². The van der Waals surface area contributed by atoms with Crippen LogP contribution in [-0.2, 0) is 27.2 Å². The lowest BCUT2D eigenvalue weighted by Crippen LogP contribution is -2.55. The van der Waals surface area contributed by atoms with Crippen LogP contribution in [0, 0.1) is 11.6 Å². The molecule has 1 amide bonds. The molecule has 3 aromatic rings. The third kappa shape index (κ3) is 5.27. The van der Waals surface area contributed by atoms with Gasteiger partial charge in [0.15, 0.2) is 11.6 Å². The number of carbonyl (C=O) groups excluding carboxylic acids is 3. The molecule has 0 fully saturated rings. The zero-order valence-corrected chi connectivity index (χ0v) is 19.1. The van der Waals surface area contributed by atoms with Crippen LogP contribution in [0.1, 0.15) is 29.5 Å². The summed E-state index contributed by atoms with van der Waals surface area (Å²) in [5, 5.41) is 3.96. The van der Waals surface area contributed by atoms with Gasteiger partial charge in [-0.25, -0.2) is 14.6 Å². The average Bonchev–Trinajstić information content (AvgIpc) is 2.81. The molecule has 1 heterocycles. The van der Waals surface area contributed by atoms with E-state index in [1.807, 2.05) is 30.3 Å². The Balaban J connectivity index is 1.55. The van der Waals surface area contributed by atoms with E-state index in [0.717, 1.165) is 17.7 Å². The Morgan fingerprint density at radius 3 is 2.29 bits per heavy atom. The molecular weight excluding hydrogens is 452 g/mol. The van der Waals surface area contributed by atoms with Gasteiger partial charge in [-0.2, -0.15) is 0 Å². The maximum atomic E-state index is 13.6. The predicted octanol–water partition coefficient (Wildman–Crippen LogP) is 3.24. The SMILES string of the molecule is C[C@H](NC(=O)Cc1cc(F)cc(F)c1)C(=O)C1C(=O)C(Cc2ccccc2)N(N)c2ccccc21. The molecule has 180 valence electrons. The maximum Gasteiger partial charge on any atom is 0.224 e. The van der Waals surface area contributed by atoms with Crippen molar-refractivity contribution in [3.63, 3.8) is 0 Å². The van der Waals surface area contributed by atoms with Crippen LogP contribution in [0.25, 0.3) is 0 Å². The minimum absolute atomic E-state index is 0.139. The van der Waals surface area contributed by atoms with E-state index in [-0.39, 0.29) is 17.8 Å². The molecule has 8 heteroatoms. The molecule has 2 unspecified atom stereocenters. The van der Waals surface area contributed by atoms with Gasteiger partial charge in [0.25, 0.3) is 0 Å². The Morgan fingerprint density at radius 1 is 0.971 bits per heavy atom. The Labute approximate surface area is 201 Å². The van der Waals surface area contributed by atoms with Crippen molar-refractivity contribution in [2.24, 2.45) is 5.84 Å². The highest BCUT2D eigenvalue weighted by Crippen LogP contribution is 2.36. The number of nitrogens with two attached hydrogens (primary N) is 1. The maximum absolute atomic E-state index is 13.6. The summed E-state index contributed by atoms with van der Waals surface area (Å²) < 4.78 is 26.9. The second kappa shape index (κ2) is 10.1. The quantitative estimate of drug-likeness (QED) is 0.403. The topological polar surface area (TPSA) is 92.5 Å². The van der Waals surface area contributed by atoms with Crippen LogP contribution in [0.5, 0.6) is 0 Å². The van der Waals surface area contributed by atoms with Crippen LogP contribution < -0.4 is 16.2 Å². The van der Waals surface area contributed by atoms with Crippen molar-refractivity contribution in [3.8, 4) is 0 Å². The molecular formula is C27H25F2N3O3. The number of nitrogens with one attached hydrogen (secondary N) is 1. The van der Waals surface area contributed by atoms with E-state index in [4.69, 9.17) is 5.84 Å². The smallest absolute Gasteiger partial charge is 0.224 e. The second-order valence-corrected chi connectivity index (χ2v) is 8.65. The number of anilines is 1. The normalized spacial score (nSPS) is 18.1. The number of hydrogen-bond donors (Lipinski definition) is 2. The Kier molecular flexibility index (Phi) is 7.02. The number of benzene rings is 3. The zero-order chi connectivity index (χ0) is 25.1. The van der Waals surface area contributed by atoms with Crippen molar-refractivity contribution in [3.05, 3.63) is 101 Å². The van der Waals surface area contributed by atoms with Crippen molar-refractivity contribution in [1.82, 2.24) is 5.32 Å². The zero-order valence-electron chi connectivity index (χ0n) is 19.1. The van der Waals surface area contributed by atoms with Crippen LogP contribution in [0.3, 0.4) is 0 Å². The first kappa shape index (κ1) is 24.2. The monoisotopic (exact) mass is 477 g/mol. The number of para-hydroxylation sites is 1. The van der Waals surface area contributed by atoms with Crippen molar-refractivity contribution in [1.29, 1.82) is 0 Å². The van der Waals surface area contributed by atoms with Gasteiger partial charge in [-0.05, 0) is 41.8 Å². The highest BCUT2D eigenvalue weighted by molar-refractivity contribution is 6.15. The molecule has 0 saturated heterocycles. The molecule has 0 aliphatic carbocycles. The molecule has 0 aromatic heterocycles. The van der Waals surface area contributed by atoms with E-state index >= 15 is 0 Å². The van der Waals surface area contributed by atoms with Gasteiger partial charge in [-0.15, -0.1) is 0 Å². The number of amides is 1. The Bertz CT molecular complexity index is 1250. The second-order valence-electron chi connectivity index (χ2n) is 8.65. The fraction of sp³-hybridized carbons (Fsp3) is 0.222. The molecule has 35 heavy (non-hydrogen) atoms. The van der Waals surface area contributed by atoms with Crippen molar-refractivity contribution in [2.75, 3.05) is 5.01 Å². The fourth-order valence-electron chi connectivity index (χ4n) is 4.46. The third-order valence-corrected chi connectivity index (χ3v) is 6.12. The average molecular weight is 478 g/mol. The lowest BCUT2D eigenvalue weighted by molar-refractivity contribution is -0.133. The lowest BCUT2D eigenvalue weighted by atomic mass is 9.79. The molecule has 4 rings (SSSR count). The van der Waals surface area contributed by atoms with Gasteiger partial charge in [0.2, 0.25) is 5.91 Å². The van der Waals surface area contributed by atoms with Crippen molar-refractivity contribution in [2.45, 2.75) is 37.8 Å². The molecule has 6 nitrogen and oxygen atoms in total. The summed E-state index contributed by atoms with van der Waals surface area (Å²) in [6.45, 7) is 1.49. The summed E-state index contributed by atoms with van der Waals surface area (Å²) in [4.78, 5) is 39.5. The Morgan fingerprint density at radius 2 is 1.60 bits per heavy atom. The highest BCUT2D eigenvalue weighted by atomic mass is 19.1. The van der Waals surface area contributed by atoms with Crippen molar-refractivity contribution >= 4 is 23.2 Å². The van der Waals surface area contributed by atoms with E-state index in [1.165, 1.54) is 11.9 Å². The molecule has 0 radical (unpaired) electrons. The summed E-state index contributed by atoms with van der Waals surface area (Å²) in [5.41, 5.74) is 2.08. The van der Waals surface area contributed by atoms with Crippen molar-refractivity contribution < 1.29 is 23.2 Å². The molecule has 1 aliphatic heterocycles. The number of halogens is 2. The summed E-state index contributed by atoms with van der Waals surface area (Å²) in [5.74, 6) is 2.21. The number of Topliss-reactive ketones (excluding diaryl/α,β-unsaturated/α-hetero) is 2. The van der Waals surface area contributed by atoms with E-state index in [9.17, 15) is 23.2 Å². The molecule has 3 aromatic carbocycles. The minimum Gasteiger partial charge on any atom is -0.346 e. The van der Waals surface area contributed by atoms with Gasteiger partial charge >= 0.3 is 0 Å². The number of hydrazine groups is 1. The molecule has 0 saturated carbocycles. The number of nitrogens with zero attached hydrogens (tertiary/aromatic N) is 1. The molecule has 1 aliphatic rings. The first-order valence-corrected chi connectivity index (χ1v) is 11.2. The van der Waals surface area contributed by atoms with E-state index in [2.05, 4.69) is 5.32 Å². The van der Waals surface area contributed by atoms with Crippen LogP contribution in [0.15, 0.2) is 72.8 Å². The van der Waals surface area contributed by atoms with Gasteiger partial charge in [0, 0.05) is 12.5 Å². The van der Waals surface area contributed by atoms with Gasteiger partial charge in [-0.1, -0.05) is 48.5 Å². The van der Waals surface area contributed by atoms with Crippen LogP contribution in [-0.4, -0.2) is 29.6 Å². The third-order valence-electron chi connectivity index (χ3n) is 6.12. The molecule has 3 atom stereocenters. The number of fused-ring (bicyclic) bond motifs is 1. The fourth-order valence-corrected chi connectivity index (χ4v) is 4.46. The summed E-state index contributed by atoms with van der Waals surface area (Å²) in [6, 6.07) is 17.4. The van der Waals surface area contributed by atoms with Gasteiger partial charge in [0.1, 0.15) is 23.6 Å². The van der Waals surface area contributed by atoms with Crippen LogP contribution in [0.2, 0.25) is 0 Å². The first-order valence-electron chi connectivity index (χ1n) is 11.2. The number of rotatable bonds is 7. The largest absolute Gasteiger partial charge is 0.346 e. The van der Waals surface area contributed by atoms with Gasteiger partial charge < -0.3 is 5.32 Å². The summed E-state index contributed by atoms with van der Waals surface area (Å²) in [6.07, 6.45) is 0.00880. The van der Waals surface area contributed by atoms with Gasteiger partial charge in [0.05, 0.1) is 18.2 Å². The molecule has 3 N–H and O–H groups in total. The van der Waals surface area contributed by atoms with Crippen LogP contribution in [0.4, 0.5) is 14.5 Å². The Hall–Kier alpha value is -3.91. The number of ketones is 2. The van der Waals surface area contributed by atoms with Crippen LogP contribution >= 0.6 is 0 Å². The summed E-state index contributed by atoms with van der Waals surface area (Å²) in [7, 11) is 0. The standard InChI is InChI=1S/C27H25F2N3O3/c1-16(31-24(33)14-18-11-19(28)15-20(29)12-18)26(34)25-21-9-5-6-10-22(21)32(30)23(27(25)35)13-17-7-3-2-4-8-17/h2-12,15-16,23,25H,13-14,30H2,1H3,(H,31,33)/t16-,23?,25?/m0/s1. The first-order chi connectivity index (χ1) is 16.7. The highest BCUT2D eigenvalue weighted by Gasteiger charge is 2.43. The van der Waals surface area contributed by atoms with E-state index in [1.54, 1.807) is 24.3 Å². The molecule has 0 bridgehead atoms. The lowest BCUT2D eigenvalue weighted by Gasteiger charge is -2.38. The van der Waals surface area contributed by atoms with E-state index in [0.29, 0.717) is 23.7 Å². The molecule has 0 spiro atoms. The minimum atomic E-state index is -1.11. The number of carbonyl (C=O) groups is 3. The van der Waals surface area contributed by atoms with Gasteiger partial charge in [-0.3, -0.25) is 19.4 Å². The summed E-state index contributed by atoms with van der Waals surface area (Å²) >= 11 is 0. The number of hydrogen-bond acceptors (Lipinski definition) is 5.